The fraction of sp³-hybridized carbons (Fsp3) is 0.300. The number of sulfonamides is 1. The Balaban J connectivity index is 3.12. The van der Waals surface area contributed by atoms with Crippen molar-refractivity contribution in [3.05, 3.63) is 29.8 Å². The molecule has 0 aliphatic heterocycles. The zero-order valence-electron chi connectivity index (χ0n) is 9.21. The molecule has 16 heavy (non-hydrogen) atoms. The summed E-state index contributed by atoms with van der Waals surface area (Å²) in [4.78, 5) is 0.0882. The summed E-state index contributed by atoms with van der Waals surface area (Å²) in [6.45, 7) is 4.05. The Morgan fingerprint density at radius 2 is 1.69 bits per heavy atom. The molecule has 4 N–H and O–H groups in total. The van der Waals surface area contributed by atoms with E-state index in [4.69, 9.17) is 11.5 Å². The summed E-state index contributed by atoms with van der Waals surface area (Å²) in [6.07, 6.45) is 0. The second-order valence-electron chi connectivity index (χ2n) is 3.71. The first-order chi connectivity index (χ1) is 7.33. The maximum Gasteiger partial charge on any atom is 0.285 e. The van der Waals surface area contributed by atoms with E-state index in [2.05, 4.69) is 4.40 Å². The average Bonchev–Trinajstić information content (AvgIpc) is 2.16. The molecule has 0 unspecified atom stereocenters. The monoisotopic (exact) mass is 241 g/mol. The average molecular weight is 241 g/mol. The first-order valence-electron chi connectivity index (χ1n) is 4.79. The Morgan fingerprint density at radius 3 is 2.06 bits per heavy atom. The first kappa shape index (κ1) is 12.5. The smallest absolute Gasteiger partial charge is 0.285 e. The molecule has 0 fully saturated rings. The normalized spacial score (nSPS) is 11.4. The van der Waals surface area contributed by atoms with E-state index in [1.165, 1.54) is 12.1 Å². The third-order valence-electron chi connectivity index (χ3n) is 2.07. The molecule has 1 aromatic carbocycles. The Bertz CT molecular complexity index is 485. The van der Waals surface area contributed by atoms with Gasteiger partial charge in [0.05, 0.1) is 4.90 Å². The zero-order valence-corrected chi connectivity index (χ0v) is 10.0. The minimum Gasteiger partial charge on any atom is -0.369 e. The zero-order chi connectivity index (χ0) is 12.3. The molecule has 0 atom stereocenters. The van der Waals surface area contributed by atoms with Crippen LogP contribution >= 0.6 is 0 Å². The summed E-state index contributed by atoms with van der Waals surface area (Å²) < 4.78 is 26.4. The summed E-state index contributed by atoms with van der Waals surface area (Å²) in [5, 5.41) is 0. The van der Waals surface area contributed by atoms with Crippen LogP contribution < -0.4 is 11.5 Å². The van der Waals surface area contributed by atoms with Crippen LogP contribution in [0.25, 0.3) is 0 Å². The topological polar surface area (TPSA) is 98.5 Å². The van der Waals surface area contributed by atoms with Gasteiger partial charge in [0.15, 0.2) is 0 Å². The molecule has 0 saturated heterocycles. The highest BCUT2D eigenvalue weighted by atomic mass is 32.2. The third kappa shape index (κ3) is 2.96. The Kier molecular flexibility index (Phi) is 3.54. The molecule has 0 aliphatic rings. The second kappa shape index (κ2) is 4.52. The molecule has 6 heteroatoms. The van der Waals surface area contributed by atoms with E-state index in [0.29, 0.717) is 5.92 Å². The van der Waals surface area contributed by atoms with Crippen LogP contribution in [0.15, 0.2) is 33.6 Å². The summed E-state index contributed by atoms with van der Waals surface area (Å²) in [5.41, 5.74) is 11.1. The highest BCUT2D eigenvalue weighted by molar-refractivity contribution is 7.90. The highest BCUT2D eigenvalue weighted by Crippen LogP contribution is 2.18. The molecule has 5 nitrogen and oxygen atoms in total. The number of nitrogens with two attached hydrogens (primary N) is 2. The van der Waals surface area contributed by atoms with E-state index in [1.807, 2.05) is 13.8 Å². The quantitative estimate of drug-likeness (QED) is 0.603. The van der Waals surface area contributed by atoms with E-state index in [-0.39, 0.29) is 4.90 Å². The van der Waals surface area contributed by atoms with Crippen LogP contribution in [0.4, 0.5) is 0 Å². The van der Waals surface area contributed by atoms with Crippen LogP contribution in [0.5, 0.6) is 0 Å². The van der Waals surface area contributed by atoms with Crippen molar-refractivity contribution in [2.24, 2.45) is 15.9 Å². The van der Waals surface area contributed by atoms with Crippen molar-refractivity contribution in [3.8, 4) is 0 Å². The number of rotatable bonds is 3. The number of benzene rings is 1. The molecule has 0 bridgehead atoms. The molecule has 0 aliphatic carbocycles. The van der Waals surface area contributed by atoms with Gasteiger partial charge in [-0.25, -0.2) is 0 Å². The van der Waals surface area contributed by atoms with Crippen LogP contribution in [0, 0.1) is 0 Å². The molecule has 0 aromatic heterocycles. The van der Waals surface area contributed by atoms with E-state index in [1.54, 1.807) is 12.1 Å². The Labute approximate surface area is 95.2 Å². The fourth-order valence-electron chi connectivity index (χ4n) is 1.22. The van der Waals surface area contributed by atoms with Crippen molar-refractivity contribution in [3.63, 3.8) is 0 Å². The number of guanidine groups is 1. The first-order valence-corrected chi connectivity index (χ1v) is 6.23. The van der Waals surface area contributed by atoms with Crippen molar-refractivity contribution >= 4 is 16.0 Å². The summed E-state index contributed by atoms with van der Waals surface area (Å²) >= 11 is 0. The van der Waals surface area contributed by atoms with Gasteiger partial charge in [-0.3, -0.25) is 0 Å². The van der Waals surface area contributed by atoms with Gasteiger partial charge < -0.3 is 11.5 Å². The van der Waals surface area contributed by atoms with Gasteiger partial charge in [-0.1, -0.05) is 26.0 Å². The van der Waals surface area contributed by atoms with Gasteiger partial charge in [0.2, 0.25) is 5.96 Å². The minimum absolute atomic E-state index is 0.0882. The molecule has 88 valence electrons. The van der Waals surface area contributed by atoms with Crippen molar-refractivity contribution in [2.75, 3.05) is 0 Å². The van der Waals surface area contributed by atoms with Crippen molar-refractivity contribution in [1.82, 2.24) is 0 Å². The van der Waals surface area contributed by atoms with Crippen molar-refractivity contribution < 1.29 is 8.42 Å². The lowest BCUT2D eigenvalue weighted by Gasteiger charge is -2.05. The highest BCUT2D eigenvalue weighted by Gasteiger charge is 2.12. The van der Waals surface area contributed by atoms with Gasteiger partial charge in [-0.05, 0) is 23.6 Å². The minimum atomic E-state index is -3.76. The summed E-state index contributed by atoms with van der Waals surface area (Å²) in [5.74, 6) is -0.118. The molecular formula is C10H15N3O2S. The van der Waals surface area contributed by atoms with Gasteiger partial charge in [-0.15, -0.1) is 4.40 Å². The molecule has 1 aromatic rings. The van der Waals surface area contributed by atoms with E-state index in [0.717, 1.165) is 5.56 Å². The predicted molar refractivity (Wildman–Crippen MR) is 63.5 cm³/mol. The second-order valence-corrected chi connectivity index (χ2v) is 5.32. The van der Waals surface area contributed by atoms with Crippen LogP contribution in [-0.4, -0.2) is 14.4 Å². The number of hydrogen-bond acceptors (Lipinski definition) is 2. The van der Waals surface area contributed by atoms with Gasteiger partial charge in [0.25, 0.3) is 10.0 Å². The predicted octanol–water partition coefficient (Wildman–Crippen LogP) is 0.772. The van der Waals surface area contributed by atoms with Crippen LogP contribution in [0.1, 0.15) is 25.3 Å². The van der Waals surface area contributed by atoms with Gasteiger partial charge >= 0.3 is 0 Å². The third-order valence-corrected chi connectivity index (χ3v) is 3.39. The molecule has 0 amide bonds. The van der Waals surface area contributed by atoms with Gasteiger partial charge in [0, 0.05) is 0 Å². The lowest BCUT2D eigenvalue weighted by molar-refractivity contribution is 0.598. The van der Waals surface area contributed by atoms with Crippen LogP contribution in [-0.2, 0) is 10.0 Å². The van der Waals surface area contributed by atoms with Crippen molar-refractivity contribution in [2.45, 2.75) is 24.7 Å². The van der Waals surface area contributed by atoms with E-state index in [9.17, 15) is 8.42 Å². The SMILES string of the molecule is CC(C)c1ccc(S(=O)(=O)N=C(N)N)cc1. The summed E-state index contributed by atoms with van der Waals surface area (Å²) in [6, 6.07) is 6.49. The fourth-order valence-corrected chi connectivity index (χ4v) is 2.08. The van der Waals surface area contributed by atoms with Gasteiger partial charge in [-0.2, -0.15) is 8.42 Å². The molecule has 0 spiro atoms. The molecule has 0 saturated carbocycles. The van der Waals surface area contributed by atoms with Crippen molar-refractivity contribution in [1.29, 1.82) is 0 Å². The number of hydrogen-bond donors (Lipinski definition) is 2. The lowest BCUT2D eigenvalue weighted by Crippen LogP contribution is -2.24. The van der Waals surface area contributed by atoms with Crippen LogP contribution in [0.3, 0.4) is 0 Å². The maximum atomic E-state index is 11.6. The molecular weight excluding hydrogens is 226 g/mol. The summed E-state index contributed by atoms with van der Waals surface area (Å²) in [7, 11) is -3.76. The Morgan fingerprint density at radius 1 is 1.19 bits per heavy atom. The standard InChI is InChI=1S/C10H15N3O2S/c1-7(2)8-3-5-9(6-4-8)16(14,15)13-10(11)12/h3-7H,1-2H3,(H4,11,12,13). The van der Waals surface area contributed by atoms with Crippen LogP contribution in [0.2, 0.25) is 0 Å². The molecule has 0 radical (unpaired) electrons. The van der Waals surface area contributed by atoms with Gasteiger partial charge in [0.1, 0.15) is 0 Å². The Hall–Kier alpha value is -1.56. The largest absolute Gasteiger partial charge is 0.369 e. The molecule has 1 rings (SSSR count). The molecule has 0 heterocycles. The lowest BCUT2D eigenvalue weighted by atomic mass is 10.0. The van der Waals surface area contributed by atoms with E-state index >= 15 is 0 Å². The van der Waals surface area contributed by atoms with E-state index < -0.39 is 16.0 Å². The maximum absolute atomic E-state index is 11.6. The number of nitrogens with zero attached hydrogens (tertiary/aromatic N) is 1.